The van der Waals surface area contributed by atoms with E-state index in [4.69, 9.17) is 19.2 Å². The van der Waals surface area contributed by atoms with Crippen LogP contribution in [-0.4, -0.2) is 32.5 Å². The number of nitrogens with zero attached hydrogens (tertiary/aromatic N) is 4. The second kappa shape index (κ2) is 8.38. The number of ketones is 1. The molecule has 0 aliphatic carbocycles. The summed E-state index contributed by atoms with van der Waals surface area (Å²) in [5.41, 5.74) is 2.81. The minimum atomic E-state index is -0.365. The first-order chi connectivity index (χ1) is 16.1. The summed E-state index contributed by atoms with van der Waals surface area (Å²) in [7, 11) is 1.59. The van der Waals surface area contributed by atoms with Crippen molar-refractivity contribution in [1.82, 2.24) is 19.6 Å². The topological polar surface area (TPSA) is 87.8 Å². The van der Waals surface area contributed by atoms with Crippen LogP contribution >= 0.6 is 0 Å². The molecular formula is C25H22N4O4. The number of rotatable bonds is 6. The Morgan fingerprint density at radius 2 is 1.82 bits per heavy atom. The maximum atomic E-state index is 12.6. The molecule has 2 aromatic heterocycles. The highest BCUT2D eigenvalue weighted by molar-refractivity contribution is 5.97. The Bertz CT molecular complexity index is 1380. The average Bonchev–Trinajstić information content (AvgIpc) is 3.25. The minimum absolute atomic E-state index is 0.0618. The van der Waals surface area contributed by atoms with Crippen molar-refractivity contribution in [2.75, 3.05) is 7.11 Å². The highest BCUT2D eigenvalue weighted by Gasteiger charge is 2.35. The zero-order valence-electron chi connectivity index (χ0n) is 18.5. The number of carbonyl (C=O) groups is 1. The second-order valence-corrected chi connectivity index (χ2v) is 7.67. The highest BCUT2D eigenvalue weighted by Crippen LogP contribution is 2.44. The van der Waals surface area contributed by atoms with Crippen LogP contribution in [0.1, 0.15) is 36.7 Å². The molecule has 5 rings (SSSR count). The van der Waals surface area contributed by atoms with E-state index in [0.717, 1.165) is 5.56 Å². The molecule has 0 radical (unpaired) electrons. The van der Waals surface area contributed by atoms with Gasteiger partial charge in [-0.15, -0.1) is 5.10 Å². The maximum Gasteiger partial charge on any atom is 0.228 e. The van der Waals surface area contributed by atoms with Gasteiger partial charge in [-0.25, -0.2) is 14.5 Å². The summed E-state index contributed by atoms with van der Waals surface area (Å²) < 4.78 is 18.8. The Morgan fingerprint density at radius 3 is 2.55 bits per heavy atom. The Kier molecular flexibility index (Phi) is 5.26. The van der Waals surface area contributed by atoms with Crippen LogP contribution < -0.4 is 14.2 Å². The van der Waals surface area contributed by atoms with Crippen LogP contribution in [0.3, 0.4) is 0 Å². The molecule has 4 aromatic rings. The lowest BCUT2D eigenvalue weighted by molar-refractivity contribution is -0.114. The Balaban J connectivity index is 1.59. The van der Waals surface area contributed by atoms with Gasteiger partial charge in [0.1, 0.15) is 18.7 Å². The van der Waals surface area contributed by atoms with Gasteiger partial charge in [0.25, 0.3) is 0 Å². The molecule has 8 nitrogen and oxygen atoms in total. The number of aromatic nitrogens is 4. The number of hydrogen-bond acceptors (Lipinski definition) is 7. The van der Waals surface area contributed by atoms with Gasteiger partial charge in [-0.05, 0) is 31.5 Å². The third-order valence-electron chi connectivity index (χ3n) is 5.58. The molecule has 166 valence electrons. The Labute approximate surface area is 190 Å². The van der Waals surface area contributed by atoms with E-state index in [9.17, 15) is 4.79 Å². The summed E-state index contributed by atoms with van der Waals surface area (Å²) in [6, 6.07) is 17.2. The second-order valence-electron chi connectivity index (χ2n) is 7.67. The van der Waals surface area contributed by atoms with Crippen LogP contribution in [0.4, 0.5) is 0 Å². The standard InChI is InChI=1S/C25H22N4O4/c1-15(30)21-16(2)33-25-23(22(21)17-9-5-4-6-10-17)24-27-20(28-29(24)14-26-25)13-32-19-12-8-7-11-18(19)31-3/h4-12,14,22H,13H2,1-3H3. The summed E-state index contributed by atoms with van der Waals surface area (Å²) in [4.78, 5) is 21.8. The van der Waals surface area contributed by atoms with E-state index >= 15 is 0 Å². The van der Waals surface area contributed by atoms with Crippen LogP contribution in [0.2, 0.25) is 0 Å². The van der Waals surface area contributed by atoms with Crippen molar-refractivity contribution in [2.45, 2.75) is 26.4 Å². The largest absolute Gasteiger partial charge is 0.493 e. The van der Waals surface area contributed by atoms with E-state index in [2.05, 4.69) is 10.1 Å². The molecule has 0 saturated heterocycles. The Hall–Kier alpha value is -4.20. The van der Waals surface area contributed by atoms with Gasteiger partial charge in [0.05, 0.1) is 12.7 Å². The number of para-hydroxylation sites is 2. The molecule has 0 spiro atoms. The number of ether oxygens (including phenoxy) is 3. The monoisotopic (exact) mass is 442 g/mol. The molecule has 2 aromatic carbocycles. The molecule has 0 N–H and O–H groups in total. The van der Waals surface area contributed by atoms with Gasteiger partial charge in [0.2, 0.25) is 5.88 Å². The predicted molar refractivity (Wildman–Crippen MR) is 120 cm³/mol. The third-order valence-corrected chi connectivity index (χ3v) is 5.58. The van der Waals surface area contributed by atoms with Crippen molar-refractivity contribution in [3.05, 3.63) is 89.2 Å². The molecular weight excluding hydrogens is 420 g/mol. The number of benzene rings is 2. The molecule has 33 heavy (non-hydrogen) atoms. The van der Waals surface area contributed by atoms with Gasteiger partial charge in [-0.2, -0.15) is 0 Å². The highest BCUT2D eigenvalue weighted by atomic mass is 16.5. The van der Waals surface area contributed by atoms with E-state index < -0.39 is 0 Å². The van der Waals surface area contributed by atoms with Crippen LogP contribution in [0.15, 0.2) is 72.3 Å². The van der Waals surface area contributed by atoms with E-state index in [0.29, 0.717) is 45.7 Å². The lowest BCUT2D eigenvalue weighted by Crippen LogP contribution is -2.22. The first kappa shape index (κ1) is 20.7. The molecule has 1 aliphatic heterocycles. The number of allylic oxidation sites excluding steroid dienone is 2. The van der Waals surface area contributed by atoms with E-state index in [1.165, 1.54) is 0 Å². The number of hydrogen-bond donors (Lipinski definition) is 0. The first-order valence-corrected chi connectivity index (χ1v) is 10.5. The first-order valence-electron chi connectivity index (χ1n) is 10.5. The normalized spacial score (nSPS) is 15.2. The minimum Gasteiger partial charge on any atom is -0.493 e. The van der Waals surface area contributed by atoms with Gasteiger partial charge in [0, 0.05) is 11.5 Å². The fraction of sp³-hybridized carbons (Fsp3) is 0.200. The fourth-order valence-electron chi connectivity index (χ4n) is 4.16. The SMILES string of the molecule is COc1ccccc1OCc1nc2c3c(ncn2n1)OC(C)=C(C(C)=O)C3c1ccccc1. The number of Topliss-reactive ketones (excluding diaryl/α,β-unsaturated/α-hetero) is 1. The van der Waals surface area contributed by atoms with Crippen molar-refractivity contribution < 1.29 is 19.0 Å². The van der Waals surface area contributed by atoms with Crippen molar-refractivity contribution in [1.29, 1.82) is 0 Å². The van der Waals surface area contributed by atoms with Crippen LogP contribution in [0, 0.1) is 0 Å². The van der Waals surface area contributed by atoms with E-state index in [1.54, 1.807) is 31.8 Å². The van der Waals surface area contributed by atoms with Gasteiger partial charge < -0.3 is 14.2 Å². The van der Waals surface area contributed by atoms with Gasteiger partial charge in [0.15, 0.2) is 28.8 Å². The average molecular weight is 442 g/mol. The number of carbonyl (C=O) groups excluding carboxylic acids is 1. The van der Waals surface area contributed by atoms with E-state index in [1.807, 2.05) is 54.6 Å². The van der Waals surface area contributed by atoms with Crippen molar-refractivity contribution in [3.63, 3.8) is 0 Å². The molecule has 1 aliphatic rings. The van der Waals surface area contributed by atoms with E-state index in [-0.39, 0.29) is 18.3 Å². The molecule has 0 amide bonds. The van der Waals surface area contributed by atoms with Crippen molar-refractivity contribution >= 4 is 11.4 Å². The lowest BCUT2D eigenvalue weighted by atomic mass is 9.82. The smallest absolute Gasteiger partial charge is 0.228 e. The molecule has 0 fully saturated rings. The molecule has 0 saturated carbocycles. The Morgan fingerprint density at radius 1 is 1.09 bits per heavy atom. The summed E-state index contributed by atoms with van der Waals surface area (Å²) >= 11 is 0. The third kappa shape index (κ3) is 3.69. The zero-order valence-corrected chi connectivity index (χ0v) is 18.5. The zero-order chi connectivity index (χ0) is 22.9. The molecule has 1 atom stereocenters. The summed E-state index contributed by atoms with van der Waals surface area (Å²) in [6.07, 6.45) is 1.56. The molecule has 8 heteroatoms. The van der Waals surface area contributed by atoms with Gasteiger partial charge in [-0.1, -0.05) is 42.5 Å². The van der Waals surface area contributed by atoms with Crippen molar-refractivity contribution in [2.24, 2.45) is 0 Å². The summed E-state index contributed by atoms with van der Waals surface area (Å²) in [5, 5.41) is 4.53. The summed E-state index contributed by atoms with van der Waals surface area (Å²) in [6.45, 7) is 3.48. The lowest BCUT2D eigenvalue weighted by Gasteiger charge is -2.28. The predicted octanol–water partition coefficient (Wildman–Crippen LogP) is 4.10. The number of fused-ring (bicyclic) bond motifs is 3. The summed E-state index contributed by atoms with van der Waals surface area (Å²) in [5.74, 6) is 2.23. The molecule has 1 unspecified atom stereocenters. The van der Waals surface area contributed by atoms with Crippen LogP contribution in [-0.2, 0) is 11.4 Å². The van der Waals surface area contributed by atoms with Gasteiger partial charge >= 0.3 is 0 Å². The van der Waals surface area contributed by atoms with Crippen molar-refractivity contribution in [3.8, 4) is 17.4 Å². The number of methoxy groups -OCH3 is 1. The van der Waals surface area contributed by atoms with Crippen LogP contribution in [0.25, 0.3) is 5.65 Å². The fourth-order valence-corrected chi connectivity index (χ4v) is 4.16. The maximum absolute atomic E-state index is 12.6. The quantitative estimate of drug-likeness (QED) is 0.444. The molecule has 0 bridgehead atoms. The van der Waals surface area contributed by atoms with Crippen LogP contribution in [0.5, 0.6) is 17.4 Å². The molecule has 3 heterocycles. The van der Waals surface area contributed by atoms with Gasteiger partial charge in [-0.3, -0.25) is 4.79 Å².